The summed E-state index contributed by atoms with van der Waals surface area (Å²) in [5.41, 5.74) is 2.19. The van der Waals surface area contributed by atoms with Crippen LogP contribution in [0.4, 0.5) is 5.82 Å². The molecule has 3 heterocycles. The van der Waals surface area contributed by atoms with Crippen LogP contribution in [0.5, 0.6) is 0 Å². The van der Waals surface area contributed by atoms with Crippen molar-refractivity contribution in [1.82, 2.24) is 5.32 Å². The highest BCUT2D eigenvalue weighted by atomic mass is 16.5. The van der Waals surface area contributed by atoms with Crippen molar-refractivity contribution in [2.24, 2.45) is 4.99 Å². The number of carbonyl (C=O) groups is 1. The Morgan fingerprint density at radius 3 is 2.87 bits per heavy atom. The fourth-order valence-electron chi connectivity index (χ4n) is 3.56. The van der Waals surface area contributed by atoms with Crippen LogP contribution in [0.2, 0.25) is 0 Å². The number of nitrogens with zero attached hydrogens (tertiary/aromatic N) is 1. The van der Waals surface area contributed by atoms with Crippen LogP contribution in [-0.2, 0) is 9.53 Å². The first-order valence-electron chi connectivity index (χ1n) is 10.2. The van der Waals surface area contributed by atoms with Crippen LogP contribution in [0.25, 0.3) is 10.8 Å². The van der Waals surface area contributed by atoms with Gasteiger partial charge in [-0.05, 0) is 36.6 Å². The fraction of sp³-hybridized carbons (Fsp3) is 0.261. The molecule has 4 rings (SSSR count). The molecule has 154 valence electrons. The van der Waals surface area contributed by atoms with E-state index in [0.29, 0.717) is 11.5 Å². The number of allylic oxidation sites excluding steroid dienone is 3. The number of benzene rings is 1. The third-order valence-corrected chi connectivity index (χ3v) is 5.23. The molecule has 0 atom stereocenters. The summed E-state index contributed by atoms with van der Waals surface area (Å²) in [6.45, 7) is 5.85. The molecule has 2 aromatic rings. The number of aromatic nitrogens is 1. The number of carbonyl (C=O) groups excluding carboxylic acids is 1. The maximum absolute atomic E-state index is 12.9. The molecule has 1 amide bonds. The van der Waals surface area contributed by atoms with Crippen molar-refractivity contribution >= 4 is 28.2 Å². The lowest BCUT2D eigenvalue weighted by molar-refractivity contribution is -0.903. The molecule has 7 heteroatoms. The van der Waals surface area contributed by atoms with Crippen molar-refractivity contribution in [3.05, 3.63) is 72.4 Å². The Labute approximate surface area is 175 Å². The minimum atomic E-state index is -0.229. The van der Waals surface area contributed by atoms with E-state index in [1.165, 1.54) is 4.90 Å². The zero-order valence-corrected chi connectivity index (χ0v) is 17.1. The summed E-state index contributed by atoms with van der Waals surface area (Å²) in [6.07, 6.45) is 9.59. The van der Waals surface area contributed by atoms with Gasteiger partial charge in [0.05, 0.1) is 30.5 Å². The van der Waals surface area contributed by atoms with Crippen LogP contribution in [0.1, 0.15) is 6.92 Å². The van der Waals surface area contributed by atoms with Gasteiger partial charge in [0.1, 0.15) is 31.0 Å². The van der Waals surface area contributed by atoms with Gasteiger partial charge in [0, 0.05) is 6.20 Å². The van der Waals surface area contributed by atoms with Gasteiger partial charge in [0.25, 0.3) is 5.82 Å². The van der Waals surface area contributed by atoms with E-state index in [-0.39, 0.29) is 5.91 Å². The van der Waals surface area contributed by atoms with Crippen molar-refractivity contribution in [2.45, 2.75) is 6.92 Å². The van der Waals surface area contributed by atoms with Crippen molar-refractivity contribution < 1.29 is 19.4 Å². The Morgan fingerprint density at radius 2 is 2.07 bits per heavy atom. The zero-order valence-electron chi connectivity index (χ0n) is 17.1. The molecule has 0 saturated carbocycles. The zero-order chi connectivity index (χ0) is 20.8. The Bertz CT molecular complexity index is 1040. The molecule has 2 aliphatic heterocycles. The molecular formula is C23H27N5O2+2. The summed E-state index contributed by atoms with van der Waals surface area (Å²) in [6, 6.07) is 9.91. The number of hydrogen-bond acceptors (Lipinski definition) is 4. The second-order valence-electron chi connectivity index (χ2n) is 7.35. The minimum Gasteiger partial charge on any atom is -0.370 e. The molecule has 0 unspecified atom stereocenters. The van der Waals surface area contributed by atoms with Gasteiger partial charge in [-0.15, -0.1) is 0 Å². The topological polar surface area (TPSA) is 81.3 Å². The van der Waals surface area contributed by atoms with E-state index in [4.69, 9.17) is 9.73 Å². The number of anilines is 1. The number of pyridine rings is 1. The van der Waals surface area contributed by atoms with E-state index in [1.54, 1.807) is 6.92 Å². The minimum absolute atomic E-state index is 0.229. The number of amides is 1. The van der Waals surface area contributed by atoms with Gasteiger partial charge in [0.2, 0.25) is 0 Å². The maximum Gasteiger partial charge on any atom is 0.353 e. The SMILES string of the molecule is CC(=N/C(C[NH+]1CCOCC1)=C1/C=CC=CN1)C(=O)Nc1[nH+]ccc2ccccc12. The third kappa shape index (κ3) is 4.82. The predicted octanol–water partition coefficient (Wildman–Crippen LogP) is 0.853. The Kier molecular flexibility index (Phi) is 6.32. The summed E-state index contributed by atoms with van der Waals surface area (Å²) in [7, 11) is 0. The quantitative estimate of drug-likeness (QED) is 0.646. The van der Waals surface area contributed by atoms with Crippen molar-refractivity contribution in [3.8, 4) is 0 Å². The normalized spacial score (nSPS) is 18.9. The third-order valence-electron chi connectivity index (χ3n) is 5.23. The van der Waals surface area contributed by atoms with E-state index in [0.717, 1.165) is 55.0 Å². The van der Waals surface area contributed by atoms with Gasteiger partial charge in [-0.1, -0.05) is 24.3 Å². The molecule has 1 saturated heterocycles. The standard InChI is InChI=1S/C23H25N5O2/c1-17(23(29)27-22-19-7-3-2-6-18(19)9-11-25-22)26-21(20-8-4-5-10-24-20)16-28-12-14-30-15-13-28/h2-11,24H,12-16H2,1H3,(H,25,27,29)/p+2/b21-20-,26-17?. The number of ether oxygens (including phenoxy) is 1. The number of dihydropyridines is 1. The Balaban J connectivity index is 1.56. The van der Waals surface area contributed by atoms with Crippen LogP contribution in [0.15, 0.2) is 77.3 Å². The van der Waals surface area contributed by atoms with Crippen molar-refractivity contribution in [1.29, 1.82) is 0 Å². The summed E-state index contributed by atoms with van der Waals surface area (Å²) in [5, 5.41) is 8.24. The number of aromatic amines is 1. The number of quaternary nitrogens is 1. The van der Waals surface area contributed by atoms with Gasteiger partial charge >= 0.3 is 5.91 Å². The van der Waals surface area contributed by atoms with E-state index < -0.39 is 0 Å². The van der Waals surface area contributed by atoms with Crippen molar-refractivity contribution in [3.63, 3.8) is 0 Å². The Hall–Kier alpha value is -3.29. The average Bonchev–Trinajstić information content (AvgIpc) is 2.80. The second kappa shape index (κ2) is 9.47. The molecule has 4 N–H and O–H groups in total. The van der Waals surface area contributed by atoms with E-state index in [1.807, 2.05) is 61.0 Å². The summed E-state index contributed by atoms with van der Waals surface area (Å²) in [4.78, 5) is 22.2. The first-order valence-corrected chi connectivity index (χ1v) is 10.2. The molecule has 0 radical (unpaired) electrons. The van der Waals surface area contributed by atoms with Crippen molar-refractivity contribution in [2.75, 3.05) is 38.2 Å². The highest BCUT2D eigenvalue weighted by molar-refractivity contribution is 6.42. The number of hydrogen-bond donors (Lipinski definition) is 3. The molecule has 1 fully saturated rings. The van der Waals surface area contributed by atoms with Gasteiger partial charge in [-0.2, -0.15) is 0 Å². The number of fused-ring (bicyclic) bond motifs is 1. The lowest BCUT2D eigenvalue weighted by Gasteiger charge is -2.24. The number of H-pyrrole nitrogens is 1. The van der Waals surface area contributed by atoms with Gasteiger partial charge in [-0.3, -0.25) is 0 Å². The Morgan fingerprint density at radius 1 is 1.23 bits per heavy atom. The van der Waals surface area contributed by atoms with E-state index in [2.05, 4.69) is 15.6 Å². The van der Waals surface area contributed by atoms with Crippen LogP contribution < -0.4 is 20.5 Å². The first-order chi connectivity index (χ1) is 14.7. The van der Waals surface area contributed by atoms with Gasteiger partial charge in [-0.25, -0.2) is 20.1 Å². The molecule has 0 aliphatic carbocycles. The predicted molar refractivity (Wildman–Crippen MR) is 117 cm³/mol. The lowest BCUT2D eigenvalue weighted by atomic mass is 10.1. The largest absolute Gasteiger partial charge is 0.370 e. The van der Waals surface area contributed by atoms with E-state index >= 15 is 0 Å². The van der Waals surface area contributed by atoms with Crippen LogP contribution in [0.3, 0.4) is 0 Å². The van der Waals surface area contributed by atoms with Gasteiger partial charge in [0.15, 0.2) is 0 Å². The second-order valence-corrected chi connectivity index (χ2v) is 7.35. The summed E-state index contributed by atoms with van der Waals surface area (Å²) >= 11 is 0. The fourth-order valence-corrected chi connectivity index (χ4v) is 3.56. The lowest BCUT2D eigenvalue weighted by Crippen LogP contribution is -3.14. The number of aliphatic imine (C=N–C) groups is 1. The van der Waals surface area contributed by atoms with Crippen LogP contribution in [0, 0.1) is 0 Å². The first kappa shape index (κ1) is 20.0. The van der Waals surface area contributed by atoms with E-state index in [9.17, 15) is 4.79 Å². The molecule has 1 aromatic carbocycles. The smallest absolute Gasteiger partial charge is 0.353 e. The molecule has 1 aromatic heterocycles. The summed E-state index contributed by atoms with van der Waals surface area (Å²) < 4.78 is 5.47. The maximum atomic E-state index is 12.9. The van der Waals surface area contributed by atoms with Crippen LogP contribution >= 0.6 is 0 Å². The van der Waals surface area contributed by atoms with Crippen LogP contribution in [-0.4, -0.2) is 44.5 Å². The number of morpholine rings is 1. The molecule has 0 spiro atoms. The highest BCUT2D eigenvalue weighted by Crippen LogP contribution is 2.18. The highest BCUT2D eigenvalue weighted by Gasteiger charge is 2.21. The van der Waals surface area contributed by atoms with Gasteiger partial charge < -0.3 is 15.0 Å². The monoisotopic (exact) mass is 405 g/mol. The molecule has 2 aliphatic rings. The average molecular weight is 406 g/mol. The molecule has 30 heavy (non-hydrogen) atoms. The number of rotatable bonds is 5. The number of nitrogens with one attached hydrogen (secondary N) is 4. The summed E-state index contributed by atoms with van der Waals surface area (Å²) in [5.74, 6) is 0.437. The molecule has 0 bridgehead atoms. The molecular weight excluding hydrogens is 378 g/mol. The molecule has 7 nitrogen and oxygen atoms in total.